The van der Waals surface area contributed by atoms with Crippen molar-refractivity contribution < 1.29 is 37.8 Å². The van der Waals surface area contributed by atoms with E-state index in [0.717, 1.165) is 90.8 Å². The molecule has 0 N–H and O–H groups in total. The first-order chi connectivity index (χ1) is 26.1. The fourth-order valence-electron chi connectivity index (χ4n) is 7.55. The summed E-state index contributed by atoms with van der Waals surface area (Å²) in [6.07, 6.45) is 10.0. The quantitative estimate of drug-likeness (QED) is 0.110. The largest absolute Gasteiger partial charge is 0.469 e. The first-order valence-electron chi connectivity index (χ1n) is 17.5. The molecule has 3 aromatic heterocycles. The summed E-state index contributed by atoms with van der Waals surface area (Å²) < 4.78 is 17.8. The van der Waals surface area contributed by atoms with Gasteiger partial charge in [0.25, 0.3) is 0 Å². The number of hydrogen-bond acceptors (Lipinski definition) is 6. The van der Waals surface area contributed by atoms with E-state index in [1.165, 1.54) is 14.2 Å². The van der Waals surface area contributed by atoms with Gasteiger partial charge in [0.05, 0.1) is 60.3 Å². The third-order valence-corrected chi connectivity index (χ3v) is 10.5. The maximum atomic E-state index is 13.1. The van der Waals surface area contributed by atoms with Crippen molar-refractivity contribution in [3.05, 3.63) is 118 Å². The van der Waals surface area contributed by atoms with Crippen LogP contribution in [0.1, 0.15) is 54.6 Å². The molecule has 10 nitrogen and oxygen atoms in total. The highest BCUT2D eigenvalue weighted by atomic mass is 16.5. The Morgan fingerprint density at radius 1 is 0.537 bits per heavy atom. The fourth-order valence-corrected chi connectivity index (χ4v) is 7.55. The molecule has 0 atom stereocenters. The zero-order valence-corrected chi connectivity index (χ0v) is 31.0. The number of carbonyl (C=O) groups excluding carboxylic acids is 4. The van der Waals surface area contributed by atoms with Crippen LogP contribution in [0.15, 0.2) is 72.8 Å². The van der Waals surface area contributed by atoms with Crippen LogP contribution < -0.4 is 9.13 Å². The molecule has 0 saturated carbocycles. The molecular weight excluding hydrogens is 681 g/mol. The summed E-state index contributed by atoms with van der Waals surface area (Å²) in [5.41, 5.74) is 12.5. The zero-order valence-electron chi connectivity index (χ0n) is 31.0. The molecule has 5 aromatic rings. The van der Waals surface area contributed by atoms with Gasteiger partial charge in [-0.3, -0.25) is 19.2 Å². The Morgan fingerprint density at radius 2 is 0.870 bits per heavy atom. The normalized spacial score (nSPS) is 11.8. The topological polar surface area (TPSA) is 104 Å². The van der Waals surface area contributed by atoms with E-state index in [1.54, 1.807) is 0 Å². The molecule has 270 valence electrons. The third kappa shape index (κ3) is 6.05. The van der Waals surface area contributed by atoms with Gasteiger partial charge in [-0.2, -0.15) is 9.13 Å². The molecule has 0 saturated heterocycles. The number of benzene rings is 2. The summed E-state index contributed by atoms with van der Waals surface area (Å²) in [6, 6.07) is 23.5. The average molecular weight is 721 g/mol. The Labute approximate surface area is 312 Å². The van der Waals surface area contributed by atoms with Crippen molar-refractivity contribution in [1.29, 1.82) is 0 Å². The molecule has 10 heteroatoms. The average Bonchev–Trinajstić information content (AvgIpc) is 3.95. The summed E-state index contributed by atoms with van der Waals surface area (Å²) in [5.74, 6) is -0.641. The van der Waals surface area contributed by atoms with E-state index in [1.807, 2.05) is 144 Å². The van der Waals surface area contributed by atoms with Gasteiger partial charge in [-0.25, -0.2) is 0 Å². The van der Waals surface area contributed by atoms with E-state index in [4.69, 9.17) is 9.47 Å². The van der Waals surface area contributed by atoms with Gasteiger partial charge in [0.2, 0.25) is 22.8 Å². The summed E-state index contributed by atoms with van der Waals surface area (Å²) in [5, 5.41) is 0. The van der Waals surface area contributed by atoms with Crippen molar-refractivity contribution in [2.24, 2.45) is 28.2 Å². The van der Waals surface area contributed by atoms with Crippen LogP contribution in [0.4, 0.5) is 0 Å². The second-order valence-electron chi connectivity index (χ2n) is 13.4. The molecule has 2 aromatic carbocycles. The lowest BCUT2D eigenvalue weighted by molar-refractivity contribution is -0.671. The van der Waals surface area contributed by atoms with E-state index in [9.17, 15) is 19.2 Å². The van der Waals surface area contributed by atoms with E-state index >= 15 is 0 Å². The molecule has 54 heavy (non-hydrogen) atoms. The van der Waals surface area contributed by atoms with Crippen molar-refractivity contribution in [1.82, 2.24) is 9.13 Å². The number of esters is 2. The van der Waals surface area contributed by atoms with Crippen LogP contribution in [0.2, 0.25) is 0 Å². The minimum Gasteiger partial charge on any atom is -0.469 e. The lowest BCUT2D eigenvalue weighted by atomic mass is 10.0. The van der Waals surface area contributed by atoms with Gasteiger partial charge in [0.1, 0.15) is 25.2 Å². The van der Waals surface area contributed by atoms with E-state index in [2.05, 4.69) is 0 Å². The molecular formula is C44H40N4O6+2. The number of aldehydes is 2. The van der Waals surface area contributed by atoms with Crippen LogP contribution in [0.25, 0.3) is 68.6 Å². The smallest absolute Gasteiger partial charge is 0.309 e. The highest BCUT2D eigenvalue weighted by Crippen LogP contribution is 2.35. The molecule has 2 aliphatic rings. The molecule has 2 aliphatic heterocycles. The highest BCUT2D eigenvalue weighted by Gasteiger charge is 2.28. The van der Waals surface area contributed by atoms with Gasteiger partial charge in [-0.1, -0.05) is 48.5 Å². The zero-order chi connectivity index (χ0) is 38.3. The fraction of sp³-hybridized carbons (Fsp3) is 0.182. The van der Waals surface area contributed by atoms with Gasteiger partial charge in [0, 0.05) is 38.4 Å². The number of hydrogen-bond donors (Lipinski definition) is 0. The second kappa shape index (κ2) is 14.4. The number of aryl methyl sites for hydroxylation is 2. The van der Waals surface area contributed by atoms with Crippen LogP contribution in [0.5, 0.6) is 0 Å². The first-order valence-corrected chi connectivity index (χ1v) is 17.5. The van der Waals surface area contributed by atoms with Crippen LogP contribution in [0, 0.1) is 0 Å². The number of carbonyl (C=O) groups is 4. The number of fused-ring (bicyclic) bond motifs is 8. The van der Waals surface area contributed by atoms with E-state index in [0.29, 0.717) is 11.1 Å². The SMILES string of the molecule is COC(=O)Cc1ccc(-c2c3[n+](C)c(c(C=O)c4ccc(c(-c5ccc(CC(=O)OC)cc5)c5[n+](C)c(c(C=O)c6ccc2n6C)C=C5)n4C)C=C3)cc1. The standard InChI is InChI=1S/C44H40N4O6/c1-45-33-15-19-37(45)43(29-11-7-27(8-12-29)23-41(51)53-5)38-20-17-35(47(38)3)32(26-50)36-18-22-40(48(36)4)44(39-21-16-34(46(39)2)31(33)25-49)30-13-9-28(10-14-30)24-42(52)54-6/h7-22,25-26H,23-24H2,1-6H3/q+2. The maximum Gasteiger partial charge on any atom is 0.309 e. The Bertz CT molecular complexity index is 2440. The number of rotatable bonds is 8. The molecule has 5 heterocycles. The monoisotopic (exact) mass is 720 g/mol. The third-order valence-electron chi connectivity index (χ3n) is 10.5. The molecule has 0 amide bonds. The summed E-state index contributed by atoms with van der Waals surface area (Å²) in [4.78, 5) is 50.2. The van der Waals surface area contributed by atoms with Crippen molar-refractivity contribution >= 4 is 70.9 Å². The first kappa shape index (κ1) is 35.7. The van der Waals surface area contributed by atoms with Crippen molar-refractivity contribution in [2.75, 3.05) is 14.2 Å². The van der Waals surface area contributed by atoms with Crippen LogP contribution in [0.3, 0.4) is 0 Å². The van der Waals surface area contributed by atoms with E-state index in [-0.39, 0.29) is 24.8 Å². The van der Waals surface area contributed by atoms with Gasteiger partial charge < -0.3 is 18.6 Å². The van der Waals surface area contributed by atoms with E-state index < -0.39 is 0 Å². The van der Waals surface area contributed by atoms with Gasteiger partial charge in [-0.15, -0.1) is 0 Å². The predicted octanol–water partition coefficient (Wildman–Crippen LogP) is 5.93. The number of nitrogens with zero attached hydrogens (tertiary/aromatic N) is 4. The van der Waals surface area contributed by atoms with Crippen molar-refractivity contribution in [3.63, 3.8) is 0 Å². The lowest BCUT2D eigenvalue weighted by Gasteiger charge is -2.09. The number of aromatic nitrogens is 4. The minimum absolute atomic E-state index is 0.154. The van der Waals surface area contributed by atoms with Gasteiger partial charge in [-0.05, 0) is 46.5 Å². The minimum atomic E-state index is -0.320. The molecule has 7 rings (SSSR count). The summed E-state index contributed by atoms with van der Waals surface area (Å²) in [7, 11) is 10.5. The van der Waals surface area contributed by atoms with Crippen molar-refractivity contribution in [2.45, 2.75) is 12.8 Å². The molecule has 0 fully saturated rings. The molecule has 0 aliphatic carbocycles. The number of methoxy groups -OCH3 is 2. The molecule has 8 bridgehead atoms. The lowest BCUT2D eigenvalue weighted by Crippen LogP contribution is -2.34. The summed E-state index contributed by atoms with van der Waals surface area (Å²) in [6.45, 7) is 0. The summed E-state index contributed by atoms with van der Waals surface area (Å²) >= 11 is 0. The predicted molar refractivity (Wildman–Crippen MR) is 208 cm³/mol. The molecule has 0 spiro atoms. The van der Waals surface area contributed by atoms with Gasteiger partial charge >= 0.3 is 11.9 Å². The van der Waals surface area contributed by atoms with Crippen molar-refractivity contribution in [3.8, 4) is 22.3 Å². The Balaban J connectivity index is 1.62. The van der Waals surface area contributed by atoms with Gasteiger partial charge in [0.15, 0.2) is 12.6 Å². The Hall–Kier alpha value is -6.68. The van der Waals surface area contributed by atoms with Crippen LogP contribution in [-0.4, -0.2) is 47.9 Å². The highest BCUT2D eigenvalue weighted by molar-refractivity contribution is 5.99. The second-order valence-corrected chi connectivity index (χ2v) is 13.4. The molecule has 0 radical (unpaired) electrons. The molecule has 0 unspecified atom stereocenters. The Morgan fingerprint density at radius 3 is 1.20 bits per heavy atom. The van der Waals surface area contributed by atoms with Crippen LogP contribution >= 0.6 is 0 Å². The maximum absolute atomic E-state index is 13.1. The van der Waals surface area contributed by atoms with Crippen LogP contribution in [-0.2, 0) is 60.1 Å². The Kier molecular flexibility index (Phi) is 9.51. The number of ether oxygens (including phenoxy) is 2.